The smallest absolute Gasteiger partial charge is 0.180 e. The van der Waals surface area contributed by atoms with Crippen molar-refractivity contribution in [1.29, 1.82) is 0 Å². The number of likely N-dealkylation sites (N-methyl/N-ethyl adjacent to an activating group) is 1. The number of Topliss-reactive ketones (excluding diaryl/α,β-unsaturated/α-hetero) is 1. The van der Waals surface area contributed by atoms with Gasteiger partial charge in [0.15, 0.2) is 5.78 Å². The molecule has 0 radical (unpaired) electrons. The van der Waals surface area contributed by atoms with E-state index in [1.807, 2.05) is 19.1 Å². The molecule has 0 N–H and O–H groups in total. The van der Waals surface area contributed by atoms with Crippen molar-refractivity contribution in [3.8, 4) is 0 Å². The van der Waals surface area contributed by atoms with E-state index < -0.39 is 0 Å². The van der Waals surface area contributed by atoms with Gasteiger partial charge in [-0.25, -0.2) is 0 Å². The maximum absolute atomic E-state index is 11.5. The monoisotopic (exact) mass is 262 g/mol. The molecule has 0 aromatic carbocycles. The Morgan fingerprint density at radius 3 is 2.84 bits per heavy atom. The van der Waals surface area contributed by atoms with E-state index in [9.17, 15) is 4.79 Å². The predicted octanol–water partition coefficient (Wildman–Crippen LogP) is 2.68. The van der Waals surface area contributed by atoms with E-state index in [0.717, 1.165) is 38.2 Å². The standard InChI is InChI=1S/C15H22N2O2/c1-3-15(18)14-8-7-12(10-16-14)17(4-2)11-13-6-5-9-19-13/h7-8,10,13H,3-6,9,11H2,1-2H3. The van der Waals surface area contributed by atoms with Crippen LogP contribution < -0.4 is 4.90 Å². The Morgan fingerprint density at radius 1 is 1.47 bits per heavy atom. The molecule has 0 bridgehead atoms. The van der Waals surface area contributed by atoms with Crippen LogP contribution in [0.25, 0.3) is 0 Å². The van der Waals surface area contributed by atoms with Crippen molar-refractivity contribution in [2.45, 2.75) is 39.2 Å². The van der Waals surface area contributed by atoms with Crippen molar-refractivity contribution in [3.63, 3.8) is 0 Å². The van der Waals surface area contributed by atoms with E-state index in [2.05, 4.69) is 16.8 Å². The highest BCUT2D eigenvalue weighted by atomic mass is 16.5. The van der Waals surface area contributed by atoms with Gasteiger partial charge < -0.3 is 9.64 Å². The molecule has 19 heavy (non-hydrogen) atoms. The summed E-state index contributed by atoms with van der Waals surface area (Å²) < 4.78 is 5.67. The highest BCUT2D eigenvalue weighted by Gasteiger charge is 2.19. The van der Waals surface area contributed by atoms with E-state index in [-0.39, 0.29) is 5.78 Å². The Labute approximate surface area is 114 Å². The van der Waals surface area contributed by atoms with Gasteiger partial charge in [0.05, 0.1) is 18.0 Å². The molecule has 1 aromatic heterocycles. The first-order valence-electron chi connectivity index (χ1n) is 7.10. The number of ketones is 1. The molecule has 2 rings (SSSR count). The maximum Gasteiger partial charge on any atom is 0.180 e. The second-order valence-electron chi connectivity index (χ2n) is 4.85. The largest absolute Gasteiger partial charge is 0.376 e. The number of carbonyl (C=O) groups is 1. The summed E-state index contributed by atoms with van der Waals surface area (Å²) >= 11 is 0. The topological polar surface area (TPSA) is 42.4 Å². The fraction of sp³-hybridized carbons (Fsp3) is 0.600. The Balaban J connectivity index is 2.03. The second-order valence-corrected chi connectivity index (χ2v) is 4.85. The van der Waals surface area contributed by atoms with E-state index >= 15 is 0 Å². The lowest BCUT2D eigenvalue weighted by atomic mass is 10.2. The van der Waals surface area contributed by atoms with Gasteiger partial charge in [-0.3, -0.25) is 9.78 Å². The summed E-state index contributed by atoms with van der Waals surface area (Å²) in [7, 11) is 0. The molecular weight excluding hydrogens is 240 g/mol. The molecule has 2 heterocycles. The SMILES string of the molecule is CCC(=O)c1ccc(N(CC)CC2CCCO2)cn1. The third-order valence-electron chi connectivity index (χ3n) is 3.55. The van der Waals surface area contributed by atoms with Gasteiger partial charge in [-0.2, -0.15) is 0 Å². The summed E-state index contributed by atoms with van der Waals surface area (Å²) in [5, 5.41) is 0. The van der Waals surface area contributed by atoms with Crippen molar-refractivity contribution in [2.24, 2.45) is 0 Å². The van der Waals surface area contributed by atoms with Crippen molar-refractivity contribution >= 4 is 11.5 Å². The minimum Gasteiger partial charge on any atom is -0.376 e. The molecule has 0 spiro atoms. The van der Waals surface area contributed by atoms with E-state index in [0.29, 0.717) is 18.2 Å². The molecule has 0 aliphatic carbocycles. The van der Waals surface area contributed by atoms with Crippen LogP contribution in [0.15, 0.2) is 18.3 Å². The van der Waals surface area contributed by atoms with Crippen molar-refractivity contribution in [3.05, 3.63) is 24.0 Å². The molecule has 4 nitrogen and oxygen atoms in total. The number of aromatic nitrogens is 1. The number of hydrogen-bond donors (Lipinski definition) is 0. The Hall–Kier alpha value is -1.42. The van der Waals surface area contributed by atoms with E-state index in [1.54, 1.807) is 6.20 Å². The lowest BCUT2D eigenvalue weighted by Crippen LogP contribution is -2.32. The Morgan fingerprint density at radius 2 is 2.32 bits per heavy atom. The van der Waals surface area contributed by atoms with Gasteiger partial charge in [0.25, 0.3) is 0 Å². The first-order chi connectivity index (χ1) is 9.24. The second kappa shape index (κ2) is 6.66. The van der Waals surface area contributed by atoms with Crippen LogP contribution in [0.4, 0.5) is 5.69 Å². The fourth-order valence-corrected chi connectivity index (χ4v) is 2.37. The molecule has 4 heteroatoms. The number of hydrogen-bond acceptors (Lipinski definition) is 4. The Bertz CT molecular complexity index is 411. The van der Waals surface area contributed by atoms with Gasteiger partial charge >= 0.3 is 0 Å². The molecule has 1 fully saturated rings. The molecule has 1 unspecified atom stereocenters. The predicted molar refractivity (Wildman–Crippen MR) is 75.7 cm³/mol. The molecule has 1 aliphatic rings. The molecule has 1 atom stereocenters. The first-order valence-corrected chi connectivity index (χ1v) is 7.10. The Kier molecular flexibility index (Phi) is 4.91. The molecule has 1 aliphatic heterocycles. The lowest BCUT2D eigenvalue weighted by Gasteiger charge is -2.25. The van der Waals surface area contributed by atoms with Crippen LogP contribution in [0.1, 0.15) is 43.6 Å². The van der Waals surface area contributed by atoms with Crippen LogP contribution in [0.5, 0.6) is 0 Å². The molecule has 0 amide bonds. The molecule has 1 aromatic rings. The van der Waals surface area contributed by atoms with Crippen molar-refractivity contribution in [2.75, 3.05) is 24.6 Å². The van der Waals surface area contributed by atoms with E-state index in [4.69, 9.17) is 4.74 Å². The number of pyridine rings is 1. The number of anilines is 1. The van der Waals surface area contributed by atoms with Crippen LogP contribution in [0.2, 0.25) is 0 Å². The van der Waals surface area contributed by atoms with Gasteiger partial charge in [-0.15, -0.1) is 0 Å². The van der Waals surface area contributed by atoms with Gasteiger partial charge in [0, 0.05) is 26.1 Å². The summed E-state index contributed by atoms with van der Waals surface area (Å²) in [6.45, 7) is 6.68. The third-order valence-corrected chi connectivity index (χ3v) is 3.55. The normalized spacial score (nSPS) is 18.5. The van der Waals surface area contributed by atoms with Crippen molar-refractivity contribution < 1.29 is 9.53 Å². The molecular formula is C15H22N2O2. The summed E-state index contributed by atoms with van der Waals surface area (Å²) in [4.78, 5) is 18.1. The highest BCUT2D eigenvalue weighted by molar-refractivity contribution is 5.94. The maximum atomic E-state index is 11.5. The zero-order valence-corrected chi connectivity index (χ0v) is 11.8. The summed E-state index contributed by atoms with van der Waals surface area (Å²) in [6, 6.07) is 3.80. The quantitative estimate of drug-likeness (QED) is 0.739. The van der Waals surface area contributed by atoms with Gasteiger partial charge in [0.2, 0.25) is 0 Å². The summed E-state index contributed by atoms with van der Waals surface area (Å²) in [5.41, 5.74) is 1.62. The average Bonchev–Trinajstić information content (AvgIpc) is 2.97. The zero-order valence-electron chi connectivity index (χ0n) is 11.8. The third kappa shape index (κ3) is 3.53. The lowest BCUT2D eigenvalue weighted by molar-refractivity contribution is 0.0983. The van der Waals surface area contributed by atoms with Crippen LogP contribution in [0, 0.1) is 0 Å². The van der Waals surface area contributed by atoms with Gasteiger partial charge in [0.1, 0.15) is 5.69 Å². The zero-order chi connectivity index (χ0) is 13.7. The number of rotatable bonds is 6. The van der Waals surface area contributed by atoms with Gasteiger partial charge in [-0.1, -0.05) is 6.92 Å². The van der Waals surface area contributed by atoms with Crippen LogP contribution in [-0.4, -0.2) is 36.6 Å². The average molecular weight is 262 g/mol. The number of ether oxygens (including phenoxy) is 1. The van der Waals surface area contributed by atoms with Crippen LogP contribution in [0.3, 0.4) is 0 Å². The number of carbonyl (C=O) groups excluding carboxylic acids is 1. The minimum absolute atomic E-state index is 0.0914. The molecule has 0 saturated carbocycles. The minimum atomic E-state index is 0.0914. The highest BCUT2D eigenvalue weighted by Crippen LogP contribution is 2.18. The summed E-state index contributed by atoms with van der Waals surface area (Å²) in [6.07, 6.45) is 4.92. The molecule has 1 saturated heterocycles. The van der Waals surface area contributed by atoms with Crippen molar-refractivity contribution in [1.82, 2.24) is 4.98 Å². The number of nitrogens with zero attached hydrogens (tertiary/aromatic N) is 2. The van der Waals surface area contributed by atoms with Gasteiger partial charge in [-0.05, 0) is 31.9 Å². The fourth-order valence-electron chi connectivity index (χ4n) is 2.37. The van der Waals surface area contributed by atoms with Crippen LogP contribution >= 0.6 is 0 Å². The molecule has 104 valence electrons. The first kappa shape index (κ1) is 14.0. The van der Waals surface area contributed by atoms with E-state index in [1.165, 1.54) is 0 Å². The summed E-state index contributed by atoms with van der Waals surface area (Å²) in [5.74, 6) is 0.0914. The van der Waals surface area contributed by atoms with Crippen LogP contribution in [-0.2, 0) is 4.74 Å².